The highest BCUT2D eigenvalue weighted by molar-refractivity contribution is 5.75. The molecule has 4 nitrogen and oxygen atoms in total. The molecule has 1 aliphatic rings. The minimum atomic E-state index is -4.45. The van der Waals surface area contributed by atoms with Gasteiger partial charge in [-0.3, -0.25) is 4.98 Å². The number of hydrogen-bond donors (Lipinski definition) is 1. The predicted octanol–water partition coefficient (Wildman–Crippen LogP) is 2.80. The zero-order valence-electron chi connectivity index (χ0n) is 10.9. The summed E-state index contributed by atoms with van der Waals surface area (Å²) in [6.45, 7) is 1.87. The van der Waals surface area contributed by atoms with Gasteiger partial charge in [-0.1, -0.05) is 6.08 Å². The molecular weight excluding hydrogens is 273 g/mol. The summed E-state index contributed by atoms with van der Waals surface area (Å²) in [6.07, 6.45) is -1.26. The number of anilines is 1. The summed E-state index contributed by atoms with van der Waals surface area (Å²) in [6, 6.07) is 0. The predicted molar refractivity (Wildman–Crippen MR) is 68.2 cm³/mol. The van der Waals surface area contributed by atoms with Crippen molar-refractivity contribution < 1.29 is 22.6 Å². The molecule has 0 fully saturated rings. The summed E-state index contributed by atoms with van der Waals surface area (Å²) in [4.78, 5) is 3.92. The molecule has 0 aliphatic carbocycles. The van der Waals surface area contributed by atoms with Crippen molar-refractivity contribution in [2.24, 2.45) is 0 Å². The fourth-order valence-corrected chi connectivity index (χ4v) is 1.84. The van der Waals surface area contributed by atoms with Crippen molar-refractivity contribution in [1.29, 1.82) is 0 Å². The number of rotatable bonds is 3. The number of nitrogens with two attached hydrogens (primary N) is 1. The lowest BCUT2D eigenvalue weighted by atomic mass is 10.0. The van der Waals surface area contributed by atoms with Gasteiger partial charge in [-0.05, 0) is 18.9 Å². The molecule has 0 radical (unpaired) electrons. The highest BCUT2D eigenvalue weighted by Gasteiger charge is 2.38. The van der Waals surface area contributed by atoms with E-state index in [4.69, 9.17) is 15.2 Å². The molecule has 0 bridgehead atoms. The third kappa shape index (κ3) is 3.22. The Balaban J connectivity index is 2.34. The molecule has 0 saturated carbocycles. The van der Waals surface area contributed by atoms with Crippen LogP contribution in [0.2, 0.25) is 0 Å². The Bertz CT molecular complexity index is 515. The molecule has 2 rings (SSSR count). The maximum absolute atomic E-state index is 12.6. The van der Waals surface area contributed by atoms with Crippen molar-refractivity contribution in [3.05, 3.63) is 24.0 Å². The molecule has 20 heavy (non-hydrogen) atoms. The van der Waals surface area contributed by atoms with E-state index in [1.54, 1.807) is 6.08 Å². The molecule has 1 aromatic heterocycles. The summed E-state index contributed by atoms with van der Waals surface area (Å²) < 4.78 is 48.1. The fourth-order valence-electron chi connectivity index (χ4n) is 1.84. The minimum Gasteiger partial charge on any atom is -0.478 e. The second kappa shape index (κ2) is 5.70. The van der Waals surface area contributed by atoms with Gasteiger partial charge < -0.3 is 15.2 Å². The number of nitrogen functional groups attached to an aromatic ring is 1. The van der Waals surface area contributed by atoms with Crippen LogP contribution in [0.15, 0.2) is 18.5 Å². The van der Waals surface area contributed by atoms with Crippen LogP contribution in [-0.2, 0) is 4.74 Å². The van der Waals surface area contributed by atoms with E-state index in [1.807, 2.05) is 0 Å². The van der Waals surface area contributed by atoms with Crippen LogP contribution in [0.4, 0.5) is 18.9 Å². The first-order valence-electron chi connectivity index (χ1n) is 6.13. The first kappa shape index (κ1) is 14.6. The van der Waals surface area contributed by atoms with Crippen LogP contribution in [0, 0.1) is 0 Å². The summed E-state index contributed by atoms with van der Waals surface area (Å²) in [5.74, 6) is 0.0259. The Morgan fingerprint density at radius 3 is 2.75 bits per heavy atom. The van der Waals surface area contributed by atoms with Gasteiger partial charge in [-0.2, -0.15) is 13.2 Å². The normalized spacial score (nSPS) is 17.5. The average Bonchev–Trinajstić information content (AvgIpc) is 2.41. The van der Waals surface area contributed by atoms with Crippen molar-refractivity contribution in [3.8, 4) is 5.75 Å². The van der Waals surface area contributed by atoms with E-state index in [9.17, 15) is 13.2 Å². The largest absolute Gasteiger partial charge is 0.478 e. The number of halogens is 3. The van der Waals surface area contributed by atoms with E-state index in [1.165, 1.54) is 12.4 Å². The van der Waals surface area contributed by atoms with Gasteiger partial charge in [0.1, 0.15) is 0 Å². The monoisotopic (exact) mass is 288 g/mol. The lowest BCUT2D eigenvalue weighted by Crippen LogP contribution is -2.31. The van der Waals surface area contributed by atoms with Crippen LogP contribution in [0.25, 0.3) is 5.57 Å². The summed E-state index contributed by atoms with van der Waals surface area (Å²) in [5.41, 5.74) is 7.12. The molecule has 0 spiro atoms. The maximum Gasteiger partial charge on any atom is 0.425 e. The van der Waals surface area contributed by atoms with Crippen molar-refractivity contribution in [1.82, 2.24) is 4.98 Å². The molecule has 0 saturated heterocycles. The lowest BCUT2D eigenvalue weighted by molar-refractivity contribution is -0.189. The molecule has 1 aromatic rings. The average molecular weight is 288 g/mol. The molecule has 7 heteroatoms. The Morgan fingerprint density at radius 1 is 1.40 bits per heavy atom. The molecule has 1 aliphatic heterocycles. The van der Waals surface area contributed by atoms with Crippen LogP contribution in [-0.4, -0.2) is 30.5 Å². The number of hydrogen-bond acceptors (Lipinski definition) is 4. The summed E-state index contributed by atoms with van der Waals surface area (Å²) in [5, 5.41) is 0. The van der Waals surface area contributed by atoms with Crippen LogP contribution >= 0.6 is 0 Å². The summed E-state index contributed by atoms with van der Waals surface area (Å²) in [7, 11) is 0. The zero-order valence-corrected chi connectivity index (χ0v) is 10.9. The lowest BCUT2D eigenvalue weighted by Gasteiger charge is -2.22. The quantitative estimate of drug-likeness (QED) is 0.929. The van der Waals surface area contributed by atoms with Crippen LogP contribution in [0.3, 0.4) is 0 Å². The van der Waals surface area contributed by atoms with Crippen LogP contribution in [0.5, 0.6) is 5.75 Å². The van der Waals surface area contributed by atoms with E-state index in [-0.39, 0.29) is 11.4 Å². The number of nitrogens with zero attached hydrogens (tertiary/aromatic N) is 1. The second-order valence-corrected chi connectivity index (χ2v) is 4.46. The second-order valence-electron chi connectivity index (χ2n) is 4.46. The van der Waals surface area contributed by atoms with Gasteiger partial charge >= 0.3 is 6.18 Å². The smallest absolute Gasteiger partial charge is 0.425 e. The van der Waals surface area contributed by atoms with Crippen LogP contribution in [0.1, 0.15) is 18.9 Å². The number of aromatic nitrogens is 1. The van der Waals surface area contributed by atoms with Gasteiger partial charge in [-0.25, -0.2) is 0 Å². The number of alkyl halides is 3. The molecule has 0 amide bonds. The van der Waals surface area contributed by atoms with E-state index in [0.29, 0.717) is 25.2 Å². The van der Waals surface area contributed by atoms with Gasteiger partial charge in [0.05, 0.1) is 25.1 Å². The standard InChI is InChI=1S/C13H15F3N2O2/c1-8(13(14,15)16)20-12-10(6-18-7-11(12)17)9-2-4-19-5-3-9/h2,6-8H,3-5,17H2,1H3/t8-/m0/s1. The van der Waals surface area contributed by atoms with Gasteiger partial charge in [0.25, 0.3) is 0 Å². The van der Waals surface area contributed by atoms with Gasteiger partial charge in [0.15, 0.2) is 11.9 Å². The van der Waals surface area contributed by atoms with Crippen molar-refractivity contribution >= 4 is 11.3 Å². The highest BCUT2D eigenvalue weighted by atomic mass is 19.4. The molecule has 2 N–H and O–H groups in total. The highest BCUT2D eigenvalue weighted by Crippen LogP contribution is 2.36. The maximum atomic E-state index is 12.6. The van der Waals surface area contributed by atoms with E-state index >= 15 is 0 Å². The molecule has 0 aromatic carbocycles. The number of ether oxygens (including phenoxy) is 2. The SMILES string of the molecule is C[C@H](Oc1c(N)cncc1C1=CCOCC1)C(F)(F)F. The minimum absolute atomic E-state index is 0.0259. The van der Waals surface area contributed by atoms with Gasteiger partial charge in [0.2, 0.25) is 0 Å². The van der Waals surface area contributed by atoms with Gasteiger partial charge in [0, 0.05) is 11.8 Å². The first-order valence-corrected chi connectivity index (χ1v) is 6.13. The first-order chi connectivity index (χ1) is 9.39. The molecule has 0 unspecified atom stereocenters. The van der Waals surface area contributed by atoms with Crippen LogP contribution < -0.4 is 10.5 Å². The van der Waals surface area contributed by atoms with Crippen molar-refractivity contribution in [2.45, 2.75) is 25.6 Å². The molecule has 110 valence electrons. The summed E-state index contributed by atoms with van der Waals surface area (Å²) >= 11 is 0. The zero-order chi connectivity index (χ0) is 14.8. The van der Waals surface area contributed by atoms with E-state index < -0.39 is 12.3 Å². The fraction of sp³-hybridized carbons (Fsp3) is 0.462. The number of pyridine rings is 1. The third-order valence-electron chi connectivity index (χ3n) is 2.99. The third-order valence-corrected chi connectivity index (χ3v) is 2.99. The Labute approximate surface area is 114 Å². The molecule has 2 heterocycles. The van der Waals surface area contributed by atoms with Crippen molar-refractivity contribution in [2.75, 3.05) is 18.9 Å². The topological polar surface area (TPSA) is 57.4 Å². The van der Waals surface area contributed by atoms with Crippen molar-refractivity contribution in [3.63, 3.8) is 0 Å². The Hall–Kier alpha value is -1.76. The van der Waals surface area contributed by atoms with Gasteiger partial charge in [-0.15, -0.1) is 0 Å². The Morgan fingerprint density at radius 2 is 2.15 bits per heavy atom. The molecule has 1 atom stereocenters. The molecular formula is C13H15F3N2O2. The van der Waals surface area contributed by atoms with E-state index in [0.717, 1.165) is 12.5 Å². The Kier molecular flexibility index (Phi) is 4.17. The van der Waals surface area contributed by atoms with E-state index in [2.05, 4.69) is 4.98 Å².